The second kappa shape index (κ2) is 7.83. The van der Waals surface area contributed by atoms with Gasteiger partial charge in [-0.3, -0.25) is 4.79 Å². The number of nitrogens with zero attached hydrogens (tertiary/aromatic N) is 1. The summed E-state index contributed by atoms with van der Waals surface area (Å²) < 4.78 is 5.48. The molecule has 8 nitrogen and oxygen atoms in total. The van der Waals surface area contributed by atoms with Gasteiger partial charge in [-0.1, -0.05) is 17.4 Å². The molecule has 1 heterocycles. The average Bonchev–Trinajstić information content (AvgIpc) is 3.01. The van der Waals surface area contributed by atoms with Gasteiger partial charge in [0.15, 0.2) is 5.13 Å². The van der Waals surface area contributed by atoms with Gasteiger partial charge in [0, 0.05) is 18.3 Å². The molecule has 0 aliphatic carbocycles. The van der Waals surface area contributed by atoms with E-state index in [1.54, 1.807) is 36.4 Å². The average molecular weight is 384 g/mol. The standard InChI is InChI=1S/C18H16N4O4S/c1-10(23)19-18-22-14-7-6-13(9-15(14)27-18)21-17(25)20-12-5-3-4-11(8-12)16(24)26-2/h3-9H,1-2H3,(H,19,22,23)(H2,20,21,25). The van der Waals surface area contributed by atoms with Crippen molar-refractivity contribution in [2.75, 3.05) is 23.1 Å². The number of esters is 1. The lowest BCUT2D eigenvalue weighted by atomic mass is 10.2. The lowest BCUT2D eigenvalue weighted by molar-refractivity contribution is -0.114. The maximum atomic E-state index is 12.2. The second-order valence-corrected chi connectivity index (χ2v) is 6.56. The van der Waals surface area contributed by atoms with E-state index >= 15 is 0 Å². The fourth-order valence-electron chi connectivity index (χ4n) is 2.34. The monoisotopic (exact) mass is 384 g/mol. The highest BCUT2D eigenvalue weighted by molar-refractivity contribution is 7.22. The first kappa shape index (κ1) is 18.3. The van der Waals surface area contributed by atoms with Crippen molar-refractivity contribution in [3.63, 3.8) is 0 Å². The number of anilines is 3. The van der Waals surface area contributed by atoms with Crippen molar-refractivity contribution in [2.24, 2.45) is 0 Å². The molecule has 9 heteroatoms. The number of amides is 3. The fraction of sp³-hybridized carbons (Fsp3) is 0.111. The number of carbonyl (C=O) groups excluding carboxylic acids is 3. The van der Waals surface area contributed by atoms with Crippen molar-refractivity contribution in [1.29, 1.82) is 0 Å². The predicted molar refractivity (Wildman–Crippen MR) is 104 cm³/mol. The Morgan fingerprint density at radius 3 is 2.44 bits per heavy atom. The minimum Gasteiger partial charge on any atom is -0.465 e. The number of methoxy groups -OCH3 is 1. The molecule has 138 valence electrons. The molecule has 0 saturated carbocycles. The Morgan fingerprint density at radius 1 is 1.00 bits per heavy atom. The normalized spacial score (nSPS) is 10.3. The summed E-state index contributed by atoms with van der Waals surface area (Å²) in [5, 5.41) is 8.52. The first-order chi connectivity index (χ1) is 12.9. The van der Waals surface area contributed by atoms with Crippen LogP contribution in [0.1, 0.15) is 17.3 Å². The first-order valence-electron chi connectivity index (χ1n) is 7.89. The van der Waals surface area contributed by atoms with Crippen LogP contribution in [-0.4, -0.2) is 30.0 Å². The van der Waals surface area contributed by atoms with Crippen LogP contribution in [0.25, 0.3) is 10.2 Å². The molecule has 0 radical (unpaired) electrons. The van der Waals surface area contributed by atoms with Gasteiger partial charge in [0.2, 0.25) is 5.91 Å². The number of aromatic nitrogens is 1. The molecule has 3 amide bonds. The summed E-state index contributed by atoms with van der Waals surface area (Å²) in [5.41, 5.74) is 2.09. The molecule has 3 rings (SSSR count). The summed E-state index contributed by atoms with van der Waals surface area (Å²) in [4.78, 5) is 39.2. The van der Waals surface area contributed by atoms with Crippen LogP contribution in [0.2, 0.25) is 0 Å². The lowest BCUT2D eigenvalue weighted by Crippen LogP contribution is -2.19. The van der Waals surface area contributed by atoms with Crippen LogP contribution in [-0.2, 0) is 9.53 Å². The van der Waals surface area contributed by atoms with Crippen LogP contribution in [0.3, 0.4) is 0 Å². The van der Waals surface area contributed by atoms with Crippen molar-refractivity contribution in [3.05, 3.63) is 48.0 Å². The highest BCUT2D eigenvalue weighted by Gasteiger charge is 2.10. The van der Waals surface area contributed by atoms with Gasteiger partial charge >= 0.3 is 12.0 Å². The topological polar surface area (TPSA) is 109 Å². The molecule has 0 aliphatic rings. The Bertz CT molecular complexity index is 1030. The Morgan fingerprint density at radius 2 is 1.74 bits per heavy atom. The summed E-state index contributed by atoms with van der Waals surface area (Å²) >= 11 is 1.31. The third kappa shape index (κ3) is 4.59. The van der Waals surface area contributed by atoms with E-state index in [2.05, 4.69) is 25.7 Å². The lowest BCUT2D eigenvalue weighted by Gasteiger charge is -2.08. The van der Waals surface area contributed by atoms with Gasteiger partial charge in [-0.25, -0.2) is 14.6 Å². The molecule has 0 spiro atoms. The number of benzene rings is 2. The van der Waals surface area contributed by atoms with Gasteiger partial charge in [0.05, 0.1) is 22.9 Å². The Labute approximate surface area is 158 Å². The van der Waals surface area contributed by atoms with E-state index in [-0.39, 0.29) is 5.91 Å². The van der Waals surface area contributed by atoms with E-state index in [0.717, 1.165) is 10.2 Å². The van der Waals surface area contributed by atoms with Crippen molar-refractivity contribution >= 4 is 56.0 Å². The largest absolute Gasteiger partial charge is 0.465 e. The summed E-state index contributed by atoms with van der Waals surface area (Å²) in [5.74, 6) is -0.675. The zero-order valence-electron chi connectivity index (χ0n) is 14.5. The number of carbonyl (C=O) groups is 3. The molecule has 3 aromatic rings. The molecule has 27 heavy (non-hydrogen) atoms. The van der Waals surface area contributed by atoms with Crippen LogP contribution < -0.4 is 16.0 Å². The third-order valence-corrected chi connectivity index (χ3v) is 4.40. The van der Waals surface area contributed by atoms with Crippen LogP contribution in [0.15, 0.2) is 42.5 Å². The van der Waals surface area contributed by atoms with E-state index in [9.17, 15) is 14.4 Å². The maximum Gasteiger partial charge on any atom is 0.337 e. The Balaban J connectivity index is 1.70. The number of fused-ring (bicyclic) bond motifs is 1. The molecule has 0 atom stereocenters. The zero-order valence-corrected chi connectivity index (χ0v) is 15.3. The summed E-state index contributed by atoms with van der Waals surface area (Å²) in [6.07, 6.45) is 0. The maximum absolute atomic E-state index is 12.2. The van der Waals surface area contributed by atoms with E-state index in [4.69, 9.17) is 0 Å². The van der Waals surface area contributed by atoms with Gasteiger partial charge in [-0.2, -0.15) is 0 Å². The molecule has 0 fully saturated rings. The van der Waals surface area contributed by atoms with Crippen LogP contribution >= 0.6 is 11.3 Å². The molecule has 1 aromatic heterocycles. The quantitative estimate of drug-likeness (QED) is 0.595. The van der Waals surface area contributed by atoms with Crippen molar-refractivity contribution in [2.45, 2.75) is 6.92 Å². The predicted octanol–water partition coefficient (Wildman–Crippen LogP) is 3.69. The molecular weight excluding hydrogens is 368 g/mol. The minimum absolute atomic E-state index is 0.194. The molecule has 0 bridgehead atoms. The minimum atomic E-state index is -0.482. The van der Waals surface area contributed by atoms with E-state index in [1.165, 1.54) is 31.4 Å². The van der Waals surface area contributed by atoms with E-state index in [0.29, 0.717) is 22.1 Å². The molecular formula is C18H16N4O4S. The number of rotatable bonds is 4. The van der Waals surface area contributed by atoms with Crippen LogP contribution in [0.5, 0.6) is 0 Å². The van der Waals surface area contributed by atoms with Gasteiger partial charge in [0.25, 0.3) is 0 Å². The number of hydrogen-bond donors (Lipinski definition) is 3. The van der Waals surface area contributed by atoms with Crippen molar-refractivity contribution in [3.8, 4) is 0 Å². The molecule has 3 N–H and O–H groups in total. The van der Waals surface area contributed by atoms with Gasteiger partial charge in [-0.15, -0.1) is 0 Å². The first-order valence-corrected chi connectivity index (χ1v) is 8.71. The molecule has 0 saturated heterocycles. The summed E-state index contributed by atoms with van der Waals surface area (Å²) in [7, 11) is 1.29. The molecule has 0 aliphatic heterocycles. The van der Waals surface area contributed by atoms with Crippen molar-refractivity contribution < 1.29 is 19.1 Å². The zero-order chi connectivity index (χ0) is 19.4. The number of nitrogens with one attached hydrogen (secondary N) is 3. The number of urea groups is 1. The highest BCUT2D eigenvalue weighted by Crippen LogP contribution is 2.28. The molecule has 0 unspecified atom stereocenters. The summed E-state index contributed by atoms with van der Waals surface area (Å²) in [6, 6.07) is 11.2. The SMILES string of the molecule is COC(=O)c1cccc(NC(=O)Nc2ccc3nc(NC(C)=O)sc3c2)c1. The Hall–Kier alpha value is -3.46. The number of ether oxygens (including phenoxy) is 1. The van der Waals surface area contributed by atoms with Gasteiger partial charge < -0.3 is 20.7 Å². The smallest absolute Gasteiger partial charge is 0.337 e. The van der Waals surface area contributed by atoms with Gasteiger partial charge in [0.1, 0.15) is 0 Å². The second-order valence-electron chi connectivity index (χ2n) is 5.53. The Kier molecular flexibility index (Phi) is 5.32. The van der Waals surface area contributed by atoms with E-state index in [1.807, 2.05) is 0 Å². The van der Waals surface area contributed by atoms with Crippen LogP contribution in [0.4, 0.5) is 21.3 Å². The van der Waals surface area contributed by atoms with Gasteiger partial charge in [-0.05, 0) is 36.4 Å². The highest BCUT2D eigenvalue weighted by atomic mass is 32.1. The van der Waals surface area contributed by atoms with Crippen LogP contribution in [0, 0.1) is 0 Å². The fourth-order valence-corrected chi connectivity index (χ4v) is 3.29. The number of thiazole rings is 1. The number of hydrogen-bond acceptors (Lipinski definition) is 6. The third-order valence-electron chi connectivity index (χ3n) is 3.47. The summed E-state index contributed by atoms with van der Waals surface area (Å²) in [6.45, 7) is 1.42. The van der Waals surface area contributed by atoms with Crippen molar-refractivity contribution in [1.82, 2.24) is 4.98 Å². The molecule has 2 aromatic carbocycles. The van der Waals surface area contributed by atoms with E-state index < -0.39 is 12.0 Å².